The van der Waals surface area contributed by atoms with Crippen LogP contribution < -0.4 is 0 Å². The fourth-order valence-electron chi connectivity index (χ4n) is 3.14. The molecule has 1 aliphatic rings. The summed E-state index contributed by atoms with van der Waals surface area (Å²) in [6.07, 6.45) is 4.88. The van der Waals surface area contributed by atoms with Crippen LogP contribution in [0.2, 0.25) is 0 Å². The SMILES string of the molecule is Cc1ccc2c(CC(=O)N3CCCC(C)C3)c[nH]c2c1. The summed E-state index contributed by atoms with van der Waals surface area (Å²) in [5.74, 6) is 0.899. The van der Waals surface area contributed by atoms with Gasteiger partial charge in [0, 0.05) is 30.2 Å². The molecule has 1 saturated heterocycles. The van der Waals surface area contributed by atoms with Crippen LogP contribution in [0.4, 0.5) is 0 Å². The molecule has 0 aliphatic carbocycles. The van der Waals surface area contributed by atoms with E-state index in [1.54, 1.807) is 0 Å². The van der Waals surface area contributed by atoms with E-state index in [2.05, 4.69) is 37.0 Å². The van der Waals surface area contributed by atoms with Crippen LogP contribution in [0.1, 0.15) is 30.9 Å². The molecule has 3 heteroatoms. The Morgan fingerprint density at radius 3 is 3.10 bits per heavy atom. The standard InChI is InChI=1S/C17H22N2O/c1-12-5-6-15-14(10-18-16(15)8-12)9-17(20)19-7-3-4-13(2)11-19/h5-6,8,10,13,18H,3-4,7,9,11H2,1-2H3. The van der Waals surface area contributed by atoms with Crippen molar-refractivity contribution in [2.45, 2.75) is 33.1 Å². The first-order chi connectivity index (χ1) is 9.63. The Kier molecular flexibility index (Phi) is 3.51. The number of aromatic nitrogens is 1. The number of rotatable bonds is 2. The van der Waals surface area contributed by atoms with Gasteiger partial charge in [0.1, 0.15) is 0 Å². The monoisotopic (exact) mass is 270 g/mol. The fourth-order valence-corrected chi connectivity index (χ4v) is 3.14. The van der Waals surface area contributed by atoms with Crippen LogP contribution >= 0.6 is 0 Å². The quantitative estimate of drug-likeness (QED) is 0.893. The maximum atomic E-state index is 12.4. The molecule has 1 aromatic carbocycles. The largest absolute Gasteiger partial charge is 0.361 e. The van der Waals surface area contributed by atoms with Gasteiger partial charge in [0.2, 0.25) is 5.91 Å². The van der Waals surface area contributed by atoms with E-state index in [1.165, 1.54) is 17.4 Å². The van der Waals surface area contributed by atoms with Crippen molar-refractivity contribution in [2.24, 2.45) is 5.92 Å². The normalized spacial score (nSPS) is 19.5. The Bertz CT molecular complexity index is 629. The maximum Gasteiger partial charge on any atom is 0.227 e. The van der Waals surface area contributed by atoms with E-state index in [-0.39, 0.29) is 5.91 Å². The van der Waals surface area contributed by atoms with Gasteiger partial charge in [0.15, 0.2) is 0 Å². The number of aromatic amines is 1. The Balaban J connectivity index is 1.77. The fraction of sp³-hybridized carbons (Fsp3) is 0.471. The van der Waals surface area contributed by atoms with E-state index < -0.39 is 0 Å². The summed E-state index contributed by atoms with van der Waals surface area (Å²) in [6, 6.07) is 6.35. The van der Waals surface area contributed by atoms with Gasteiger partial charge >= 0.3 is 0 Å². The smallest absolute Gasteiger partial charge is 0.227 e. The first-order valence-electron chi connectivity index (χ1n) is 7.48. The van der Waals surface area contributed by atoms with Crippen molar-refractivity contribution in [1.29, 1.82) is 0 Å². The lowest BCUT2D eigenvalue weighted by Gasteiger charge is -2.31. The molecule has 1 aliphatic heterocycles. The van der Waals surface area contributed by atoms with Crippen molar-refractivity contribution in [2.75, 3.05) is 13.1 Å². The highest BCUT2D eigenvalue weighted by atomic mass is 16.2. The van der Waals surface area contributed by atoms with Gasteiger partial charge < -0.3 is 9.88 Å². The minimum Gasteiger partial charge on any atom is -0.361 e. The number of hydrogen-bond donors (Lipinski definition) is 1. The van der Waals surface area contributed by atoms with Gasteiger partial charge in [-0.25, -0.2) is 0 Å². The molecule has 0 spiro atoms. The minimum absolute atomic E-state index is 0.262. The van der Waals surface area contributed by atoms with E-state index in [9.17, 15) is 4.79 Å². The molecular weight excluding hydrogens is 248 g/mol. The number of hydrogen-bond acceptors (Lipinski definition) is 1. The third-order valence-corrected chi connectivity index (χ3v) is 4.27. The first kappa shape index (κ1) is 13.2. The van der Waals surface area contributed by atoms with Crippen molar-refractivity contribution < 1.29 is 4.79 Å². The maximum absolute atomic E-state index is 12.4. The third kappa shape index (κ3) is 2.58. The molecule has 3 nitrogen and oxygen atoms in total. The summed E-state index contributed by atoms with van der Waals surface area (Å²) in [5.41, 5.74) is 3.48. The number of nitrogens with one attached hydrogen (secondary N) is 1. The molecule has 0 saturated carbocycles. The van der Waals surface area contributed by atoms with Crippen LogP contribution in [0.15, 0.2) is 24.4 Å². The molecule has 0 bridgehead atoms. The zero-order valence-corrected chi connectivity index (χ0v) is 12.3. The summed E-state index contributed by atoms with van der Waals surface area (Å²) in [6.45, 7) is 6.15. The zero-order chi connectivity index (χ0) is 14.1. The number of piperidine rings is 1. The average molecular weight is 270 g/mol. The molecule has 2 heterocycles. The highest BCUT2D eigenvalue weighted by molar-refractivity contribution is 5.89. The number of nitrogens with zero attached hydrogens (tertiary/aromatic N) is 1. The van der Waals surface area contributed by atoms with Crippen LogP contribution in [0.5, 0.6) is 0 Å². The van der Waals surface area contributed by atoms with Crippen molar-refractivity contribution in [3.63, 3.8) is 0 Å². The predicted molar refractivity (Wildman–Crippen MR) is 81.7 cm³/mol. The number of benzene rings is 1. The first-order valence-corrected chi connectivity index (χ1v) is 7.48. The van der Waals surface area contributed by atoms with Gasteiger partial charge in [-0.15, -0.1) is 0 Å². The van der Waals surface area contributed by atoms with Gasteiger partial charge in [-0.1, -0.05) is 19.1 Å². The second-order valence-corrected chi connectivity index (χ2v) is 6.13. The number of fused-ring (bicyclic) bond motifs is 1. The Morgan fingerprint density at radius 1 is 1.45 bits per heavy atom. The Hall–Kier alpha value is -1.77. The molecule has 1 atom stereocenters. The van der Waals surface area contributed by atoms with Crippen LogP contribution in [0.3, 0.4) is 0 Å². The lowest BCUT2D eigenvalue weighted by molar-refractivity contribution is -0.132. The number of carbonyl (C=O) groups excluding carboxylic acids is 1. The summed E-state index contributed by atoms with van der Waals surface area (Å²) in [7, 11) is 0. The van der Waals surface area contributed by atoms with E-state index in [4.69, 9.17) is 0 Å². The number of amides is 1. The van der Waals surface area contributed by atoms with Crippen molar-refractivity contribution in [1.82, 2.24) is 9.88 Å². The van der Waals surface area contributed by atoms with Gasteiger partial charge in [0.05, 0.1) is 6.42 Å². The summed E-state index contributed by atoms with van der Waals surface area (Å²) < 4.78 is 0. The summed E-state index contributed by atoms with van der Waals surface area (Å²) in [5, 5.41) is 1.18. The van der Waals surface area contributed by atoms with E-state index >= 15 is 0 Å². The Labute approximate surface area is 120 Å². The highest BCUT2D eigenvalue weighted by Gasteiger charge is 2.21. The lowest BCUT2D eigenvalue weighted by atomic mass is 9.99. The average Bonchev–Trinajstić information content (AvgIpc) is 2.81. The molecule has 0 radical (unpaired) electrons. The molecule has 3 rings (SSSR count). The van der Waals surface area contributed by atoms with Gasteiger partial charge in [0.25, 0.3) is 0 Å². The van der Waals surface area contributed by atoms with Gasteiger partial charge in [-0.3, -0.25) is 4.79 Å². The van der Waals surface area contributed by atoms with Gasteiger partial charge in [-0.05, 0) is 42.9 Å². The molecule has 1 aromatic heterocycles. The summed E-state index contributed by atoms with van der Waals surface area (Å²) >= 11 is 0. The van der Waals surface area contributed by atoms with Crippen molar-refractivity contribution >= 4 is 16.8 Å². The molecule has 1 unspecified atom stereocenters. The highest BCUT2D eigenvalue weighted by Crippen LogP contribution is 2.22. The number of likely N-dealkylation sites (tertiary alicyclic amines) is 1. The van der Waals surface area contributed by atoms with E-state index in [0.717, 1.165) is 30.6 Å². The summed E-state index contributed by atoms with van der Waals surface area (Å²) in [4.78, 5) is 17.7. The van der Waals surface area contributed by atoms with Crippen LogP contribution in [0, 0.1) is 12.8 Å². The van der Waals surface area contributed by atoms with Crippen molar-refractivity contribution in [3.8, 4) is 0 Å². The van der Waals surface area contributed by atoms with Gasteiger partial charge in [-0.2, -0.15) is 0 Å². The van der Waals surface area contributed by atoms with Crippen LogP contribution in [0.25, 0.3) is 10.9 Å². The molecule has 2 aromatic rings. The van der Waals surface area contributed by atoms with E-state index in [1.807, 2.05) is 11.1 Å². The Morgan fingerprint density at radius 2 is 2.30 bits per heavy atom. The molecule has 106 valence electrons. The second kappa shape index (κ2) is 5.31. The zero-order valence-electron chi connectivity index (χ0n) is 12.3. The number of aryl methyl sites for hydroxylation is 1. The number of carbonyl (C=O) groups is 1. The molecule has 1 fully saturated rings. The second-order valence-electron chi connectivity index (χ2n) is 6.13. The molecule has 1 amide bonds. The third-order valence-electron chi connectivity index (χ3n) is 4.27. The molecule has 1 N–H and O–H groups in total. The van der Waals surface area contributed by atoms with E-state index in [0.29, 0.717) is 12.3 Å². The number of H-pyrrole nitrogens is 1. The topological polar surface area (TPSA) is 36.1 Å². The van der Waals surface area contributed by atoms with Crippen LogP contribution in [-0.2, 0) is 11.2 Å². The van der Waals surface area contributed by atoms with Crippen LogP contribution in [-0.4, -0.2) is 28.9 Å². The predicted octanol–water partition coefficient (Wildman–Crippen LogP) is 3.28. The van der Waals surface area contributed by atoms with Crippen molar-refractivity contribution in [3.05, 3.63) is 35.5 Å². The molecule has 20 heavy (non-hydrogen) atoms. The minimum atomic E-state index is 0.262. The molecular formula is C17H22N2O. The lowest BCUT2D eigenvalue weighted by Crippen LogP contribution is -2.39.